The zero-order valence-corrected chi connectivity index (χ0v) is 16.8. The molecule has 0 radical (unpaired) electrons. The van der Waals surface area contributed by atoms with Crippen molar-refractivity contribution >= 4 is 27.4 Å². The number of aliphatic carboxylic acids is 1. The van der Waals surface area contributed by atoms with Gasteiger partial charge in [0.25, 0.3) is 0 Å². The van der Waals surface area contributed by atoms with Gasteiger partial charge in [0.1, 0.15) is 5.25 Å². The Kier molecular flexibility index (Phi) is 7.41. The maximum absolute atomic E-state index is 13.0. The van der Waals surface area contributed by atoms with Crippen LogP contribution in [0.2, 0.25) is 0 Å². The first-order valence-electron chi connectivity index (χ1n) is 9.56. The van der Waals surface area contributed by atoms with Crippen LogP contribution in [0.5, 0.6) is 0 Å². The Morgan fingerprint density at radius 1 is 1.11 bits per heavy atom. The number of carbonyl (C=O) groups excluding carboxylic acids is 1. The highest BCUT2D eigenvalue weighted by atomic mass is 32.2. The molecule has 0 saturated heterocycles. The van der Waals surface area contributed by atoms with Crippen molar-refractivity contribution in [2.24, 2.45) is 5.92 Å². The van der Waals surface area contributed by atoms with Gasteiger partial charge in [-0.3, -0.25) is 9.59 Å². The first-order valence-corrected chi connectivity index (χ1v) is 11.2. The predicted octanol–water partition coefficient (Wildman–Crippen LogP) is 3.41. The highest BCUT2D eigenvalue weighted by molar-refractivity contribution is 7.93. The van der Waals surface area contributed by atoms with E-state index in [-0.39, 0.29) is 12.3 Å². The third-order valence-corrected chi connectivity index (χ3v) is 7.95. The van der Waals surface area contributed by atoms with Crippen LogP contribution < -0.4 is 5.32 Å². The van der Waals surface area contributed by atoms with E-state index in [1.165, 1.54) is 0 Å². The number of benzene rings is 1. The summed E-state index contributed by atoms with van der Waals surface area (Å²) in [6.45, 7) is 3.53. The van der Waals surface area contributed by atoms with Gasteiger partial charge >= 0.3 is 5.97 Å². The highest BCUT2D eigenvalue weighted by Crippen LogP contribution is 2.29. The van der Waals surface area contributed by atoms with Crippen molar-refractivity contribution in [3.8, 4) is 0 Å². The molecule has 2 rings (SSSR count). The molecule has 1 atom stereocenters. The number of carbonyl (C=O) groups is 2. The maximum atomic E-state index is 13.0. The summed E-state index contributed by atoms with van der Waals surface area (Å²) in [7, 11) is -3.55. The van der Waals surface area contributed by atoms with E-state index in [1.54, 1.807) is 38.1 Å². The summed E-state index contributed by atoms with van der Waals surface area (Å²) in [5.41, 5.74) is 1.37. The van der Waals surface area contributed by atoms with E-state index >= 15 is 0 Å². The molecule has 27 heavy (non-hydrogen) atoms. The Morgan fingerprint density at radius 2 is 1.70 bits per heavy atom. The lowest BCUT2D eigenvalue weighted by Gasteiger charge is -2.28. The number of carboxylic acids is 1. The highest BCUT2D eigenvalue weighted by Gasteiger charge is 2.41. The van der Waals surface area contributed by atoms with E-state index in [0.29, 0.717) is 24.9 Å². The van der Waals surface area contributed by atoms with Gasteiger partial charge in [0, 0.05) is 12.1 Å². The molecule has 0 spiro atoms. The molecule has 6 nitrogen and oxygen atoms in total. The van der Waals surface area contributed by atoms with Crippen LogP contribution in [0.15, 0.2) is 24.3 Å². The molecule has 1 amide bonds. The summed E-state index contributed by atoms with van der Waals surface area (Å²) in [6, 6.07) is 6.86. The minimum absolute atomic E-state index is 0.0424. The van der Waals surface area contributed by atoms with Gasteiger partial charge in [-0.15, -0.1) is 0 Å². The molecule has 1 aromatic rings. The van der Waals surface area contributed by atoms with Crippen LogP contribution in [0.3, 0.4) is 0 Å². The third kappa shape index (κ3) is 5.79. The summed E-state index contributed by atoms with van der Waals surface area (Å²) in [4.78, 5) is 23.4. The van der Waals surface area contributed by atoms with E-state index in [4.69, 9.17) is 5.11 Å². The molecule has 0 bridgehead atoms. The molecule has 1 fully saturated rings. The van der Waals surface area contributed by atoms with Gasteiger partial charge in [-0.25, -0.2) is 8.42 Å². The normalized spacial score (nSPS) is 16.9. The summed E-state index contributed by atoms with van der Waals surface area (Å²) in [5, 5.41) is 9.97. The standard InChI is InChI=1S/C20H29NO5S/c1-14(2)19(27(25,26)17-6-4-3-5-7-17)20(24)21-16-11-8-15(9-12-16)10-13-18(22)23/h8-9,11-12,14,17,19H,3-7,10,13H2,1-2H3,(H,21,24)(H,22,23). The second-order valence-electron chi connectivity index (χ2n) is 7.59. The average molecular weight is 396 g/mol. The van der Waals surface area contributed by atoms with E-state index in [1.807, 2.05) is 0 Å². The molecule has 1 aliphatic carbocycles. The second-order valence-corrected chi connectivity index (χ2v) is 9.95. The number of amides is 1. The van der Waals surface area contributed by atoms with Crippen LogP contribution in [0.1, 0.15) is 57.9 Å². The lowest BCUT2D eigenvalue weighted by molar-refractivity contribution is -0.137. The Bertz CT molecular complexity index is 749. The topological polar surface area (TPSA) is 101 Å². The number of carboxylic acid groups (broad SMARTS) is 1. The molecule has 1 aromatic carbocycles. The monoisotopic (exact) mass is 395 g/mol. The van der Waals surface area contributed by atoms with Crippen LogP contribution >= 0.6 is 0 Å². The third-order valence-electron chi connectivity index (χ3n) is 5.08. The van der Waals surface area contributed by atoms with Gasteiger partial charge in [0.15, 0.2) is 9.84 Å². The number of sulfone groups is 1. The van der Waals surface area contributed by atoms with Crippen molar-refractivity contribution in [1.82, 2.24) is 0 Å². The van der Waals surface area contributed by atoms with Crippen molar-refractivity contribution in [2.75, 3.05) is 5.32 Å². The van der Waals surface area contributed by atoms with Gasteiger partial charge in [0.2, 0.25) is 5.91 Å². The molecule has 1 saturated carbocycles. The number of nitrogens with one attached hydrogen (secondary N) is 1. The molecule has 0 aliphatic heterocycles. The van der Waals surface area contributed by atoms with Gasteiger partial charge in [-0.1, -0.05) is 45.2 Å². The molecule has 2 N–H and O–H groups in total. The fraction of sp³-hybridized carbons (Fsp3) is 0.600. The smallest absolute Gasteiger partial charge is 0.303 e. The number of hydrogen-bond donors (Lipinski definition) is 2. The van der Waals surface area contributed by atoms with E-state index in [9.17, 15) is 18.0 Å². The number of hydrogen-bond acceptors (Lipinski definition) is 4. The Labute approximate surface area is 161 Å². The van der Waals surface area contributed by atoms with Gasteiger partial charge in [-0.05, 0) is 42.9 Å². The van der Waals surface area contributed by atoms with Crippen LogP contribution in [0, 0.1) is 5.92 Å². The lowest BCUT2D eigenvalue weighted by Crippen LogP contribution is -2.44. The first kappa shape index (κ1) is 21.4. The van der Waals surface area contributed by atoms with Crippen molar-refractivity contribution in [3.05, 3.63) is 29.8 Å². The van der Waals surface area contributed by atoms with E-state index in [0.717, 1.165) is 24.8 Å². The maximum Gasteiger partial charge on any atom is 0.303 e. The largest absolute Gasteiger partial charge is 0.481 e. The fourth-order valence-corrected chi connectivity index (χ4v) is 6.17. The van der Waals surface area contributed by atoms with Crippen molar-refractivity contribution in [2.45, 2.75) is 69.3 Å². The van der Waals surface area contributed by atoms with Crippen molar-refractivity contribution < 1.29 is 23.1 Å². The zero-order valence-electron chi connectivity index (χ0n) is 16.0. The molecular formula is C20H29NO5S. The van der Waals surface area contributed by atoms with Gasteiger partial charge in [0.05, 0.1) is 5.25 Å². The first-order chi connectivity index (χ1) is 12.7. The zero-order chi connectivity index (χ0) is 20.0. The van der Waals surface area contributed by atoms with Crippen LogP contribution in [-0.4, -0.2) is 35.9 Å². The molecule has 1 unspecified atom stereocenters. The van der Waals surface area contributed by atoms with Gasteiger partial charge in [-0.2, -0.15) is 0 Å². The Hall–Kier alpha value is -1.89. The van der Waals surface area contributed by atoms with Gasteiger partial charge < -0.3 is 10.4 Å². The summed E-state index contributed by atoms with van der Waals surface area (Å²) in [5.74, 6) is -1.67. The molecule has 0 aromatic heterocycles. The predicted molar refractivity (Wildman–Crippen MR) is 105 cm³/mol. The fourth-order valence-electron chi connectivity index (χ4n) is 3.65. The molecule has 150 valence electrons. The minimum Gasteiger partial charge on any atom is -0.481 e. The average Bonchev–Trinajstić information content (AvgIpc) is 2.61. The van der Waals surface area contributed by atoms with Crippen LogP contribution in [-0.2, 0) is 25.8 Å². The number of anilines is 1. The molecule has 7 heteroatoms. The Morgan fingerprint density at radius 3 is 2.22 bits per heavy atom. The Balaban J connectivity index is 2.09. The molecular weight excluding hydrogens is 366 g/mol. The lowest BCUT2D eigenvalue weighted by atomic mass is 10.0. The van der Waals surface area contributed by atoms with Crippen molar-refractivity contribution in [1.29, 1.82) is 0 Å². The summed E-state index contributed by atoms with van der Waals surface area (Å²) in [6.07, 6.45) is 4.57. The van der Waals surface area contributed by atoms with E-state index < -0.39 is 32.2 Å². The summed E-state index contributed by atoms with van der Waals surface area (Å²) < 4.78 is 26.1. The molecule has 1 aliphatic rings. The van der Waals surface area contributed by atoms with Crippen molar-refractivity contribution in [3.63, 3.8) is 0 Å². The van der Waals surface area contributed by atoms with Crippen LogP contribution in [0.25, 0.3) is 0 Å². The number of rotatable bonds is 8. The second kappa shape index (κ2) is 9.35. The minimum atomic E-state index is -3.55. The van der Waals surface area contributed by atoms with E-state index in [2.05, 4.69) is 5.32 Å². The summed E-state index contributed by atoms with van der Waals surface area (Å²) >= 11 is 0. The quantitative estimate of drug-likeness (QED) is 0.702. The van der Waals surface area contributed by atoms with Crippen LogP contribution in [0.4, 0.5) is 5.69 Å². The number of aryl methyl sites for hydroxylation is 1. The SMILES string of the molecule is CC(C)C(C(=O)Nc1ccc(CCC(=O)O)cc1)S(=O)(=O)C1CCCCC1. The molecule has 0 heterocycles.